The van der Waals surface area contributed by atoms with E-state index >= 15 is 0 Å². The predicted octanol–water partition coefficient (Wildman–Crippen LogP) is 11.0. The van der Waals surface area contributed by atoms with E-state index in [1.165, 1.54) is 33.4 Å². The molecule has 1 aliphatic rings. The summed E-state index contributed by atoms with van der Waals surface area (Å²) < 4.78 is 51.2. The number of methoxy groups -OCH3 is 2. The van der Waals surface area contributed by atoms with Crippen molar-refractivity contribution in [2.75, 3.05) is 14.2 Å². The van der Waals surface area contributed by atoms with Crippen LogP contribution < -0.4 is 9.47 Å². The second-order valence-corrected chi connectivity index (χ2v) is 11.7. The number of nitrogens with zero attached hydrogens (tertiary/aromatic N) is 1. The van der Waals surface area contributed by atoms with Crippen LogP contribution in [0.2, 0.25) is 5.02 Å². The summed E-state index contributed by atoms with van der Waals surface area (Å²) in [7, 11) is 3.33. The summed E-state index contributed by atoms with van der Waals surface area (Å²) >= 11 is 6.16. The van der Waals surface area contributed by atoms with E-state index in [1.54, 1.807) is 20.3 Å². The van der Waals surface area contributed by atoms with Crippen LogP contribution in [0.15, 0.2) is 97.3 Å². The molecule has 1 heterocycles. The Balaban J connectivity index is 0.000000301. The van der Waals surface area contributed by atoms with Gasteiger partial charge in [-0.2, -0.15) is 13.2 Å². The second kappa shape index (κ2) is 13.0. The number of alkyl halides is 3. The third-order valence-corrected chi connectivity index (χ3v) is 9.23. The van der Waals surface area contributed by atoms with Crippen LogP contribution in [-0.2, 0) is 19.0 Å². The van der Waals surface area contributed by atoms with E-state index in [4.69, 9.17) is 21.1 Å². The van der Waals surface area contributed by atoms with Crippen molar-refractivity contribution in [1.82, 2.24) is 4.98 Å². The number of hydrogen-bond acceptors (Lipinski definition) is 3. The molecule has 1 aliphatic carbocycles. The highest BCUT2D eigenvalue weighted by molar-refractivity contribution is 6.32. The molecule has 1 aromatic heterocycles. The zero-order valence-electron chi connectivity index (χ0n) is 25.1. The van der Waals surface area contributed by atoms with Crippen LogP contribution in [0.4, 0.5) is 13.2 Å². The summed E-state index contributed by atoms with van der Waals surface area (Å²) in [6, 6.07) is 26.8. The number of halogens is 4. The first kappa shape index (κ1) is 30.7. The Morgan fingerprint density at radius 3 is 2.36 bits per heavy atom. The fourth-order valence-corrected chi connectivity index (χ4v) is 6.94. The number of aryl methyl sites for hydroxylation is 2. The smallest absolute Gasteiger partial charge is 0.417 e. The van der Waals surface area contributed by atoms with Crippen LogP contribution in [0.3, 0.4) is 0 Å². The summed E-state index contributed by atoms with van der Waals surface area (Å²) in [4.78, 5) is 4.01. The Labute approximate surface area is 265 Å². The highest BCUT2D eigenvalue weighted by Gasteiger charge is 2.34. The summed E-state index contributed by atoms with van der Waals surface area (Å²) in [6.07, 6.45) is 3.48. The molecule has 45 heavy (non-hydrogen) atoms. The van der Waals surface area contributed by atoms with Crippen LogP contribution in [-0.4, -0.2) is 19.2 Å². The molecule has 6 aromatic rings. The number of aromatic nitrogens is 1. The molecule has 0 spiro atoms. The van der Waals surface area contributed by atoms with Crippen molar-refractivity contribution < 1.29 is 22.6 Å². The molecule has 0 N–H and O–H groups in total. The minimum absolute atomic E-state index is 0.181. The van der Waals surface area contributed by atoms with Gasteiger partial charge in [-0.05, 0) is 106 Å². The molecule has 0 aliphatic heterocycles. The SMILES string of the molecule is COc1cccc2c1c(OC)cc1c3c(ccc12)[C@H](CCc1cccc(C(F)(F)F)c1Cl)CCC3.c1ccc2cnccc2c1. The zero-order chi connectivity index (χ0) is 31.6. The van der Waals surface area contributed by atoms with Gasteiger partial charge in [-0.3, -0.25) is 4.98 Å². The predicted molar refractivity (Wildman–Crippen MR) is 177 cm³/mol. The molecule has 0 saturated heterocycles. The molecule has 3 nitrogen and oxygen atoms in total. The average Bonchev–Trinajstić information content (AvgIpc) is 3.06. The fraction of sp³-hybridized carbons (Fsp3) is 0.237. The number of pyridine rings is 1. The number of rotatable bonds is 5. The second-order valence-electron chi connectivity index (χ2n) is 11.3. The van der Waals surface area contributed by atoms with Crippen molar-refractivity contribution in [3.8, 4) is 11.5 Å². The topological polar surface area (TPSA) is 31.4 Å². The van der Waals surface area contributed by atoms with Crippen molar-refractivity contribution in [2.24, 2.45) is 0 Å². The Kier molecular flexibility index (Phi) is 8.86. The Morgan fingerprint density at radius 2 is 1.60 bits per heavy atom. The molecule has 0 fully saturated rings. The third-order valence-electron chi connectivity index (χ3n) is 8.79. The van der Waals surface area contributed by atoms with Gasteiger partial charge in [0.05, 0.1) is 30.2 Å². The molecule has 7 heteroatoms. The van der Waals surface area contributed by atoms with Crippen LogP contribution in [0.25, 0.3) is 32.3 Å². The normalized spacial score (nSPS) is 14.6. The highest BCUT2D eigenvalue weighted by atomic mass is 35.5. The van der Waals surface area contributed by atoms with Gasteiger partial charge in [-0.25, -0.2) is 0 Å². The molecule has 0 radical (unpaired) electrons. The first-order chi connectivity index (χ1) is 21.8. The summed E-state index contributed by atoms with van der Waals surface area (Å²) in [5.74, 6) is 1.81. The lowest BCUT2D eigenvalue weighted by Crippen LogP contribution is -2.12. The summed E-state index contributed by atoms with van der Waals surface area (Å²) in [5, 5.41) is 6.62. The van der Waals surface area contributed by atoms with Crippen molar-refractivity contribution in [2.45, 2.75) is 44.2 Å². The lowest BCUT2D eigenvalue weighted by molar-refractivity contribution is -0.137. The Hall–Kier alpha value is -4.29. The van der Waals surface area contributed by atoms with E-state index in [0.717, 1.165) is 59.4 Å². The van der Waals surface area contributed by atoms with Crippen LogP contribution in [0.5, 0.6) is 11.5 Å². The van der Waals surface area contributed by atoms with Crippen molar-refractivity contribution in [3.05, 3.63) is 125 Å². The first-order valence-electron chi connectivity index (χ1n) is 15.0. The van der Waals surface area contributed by atoms with E-state index in [-0.39, 0.29) is 10.9 Å². The number of benzene rings is 5. The monoisotopic (exact) mass is 627 g/mol. The first-order valence-corrected chi connectivity index (χ1v) is 15.4. The molecule has 0 bridgehead atoms. The summed E-state index contributed by atoms with van der Waals surface area (Å²) in [5.41, 5.74) is 2.36. The number of ether oxygens (including phenoxy) is 2. The maximum atomic E-state index is 13.3. The van der Waals surface area contributed by atoms with Crippen LogP contribution in [0.1, 0.15) is 47.4 Å². The lowest BCUT2D eigenvalue weighted by atomic mass is 9.77. The van der Waals surface area contributed by atoms with E-state index in [0.29, 0.717) is 12.0 Å². The minimum atomic E-state index is -4.45. The maximum Gasteiger partial charge on any atom is 0.417 e. The van der Waals surface area contributed by atoms with Gasteiger partial charge in [0.1, 0.15) is 11.5 Å². The van der Waals surface area contributed by atoms with E-state index < -0.39 is 11.7 Å². The quantitative estimate of drug-likeness (QED) is 0.178. The zero-order valence-corrected chi connectivity index (χ0v) is 25.9. The molecular weight excluding hydrogens is 595 g/mol. The molecule has 0 saturated carbocycles. The van der Waals surface area contributed by atoms with Gasteiger partial charge in [0, 0.05) is 12.4 Å². The van der Waals surface area contributed by atoms with Gasteiger partial charge in [-0.15, -0.1) is 0 Å². The van der Waals surface area contributed by atoms with Crippen molar-refractivity contribution >= 4 is 43.9 Å². The highest BCUT2D eigenvalue weighted by Crippen LogP contribution is 2.45. The maximum absolute atomic E-state index is 13.3. The van der Waals surface area contributed by atoms with Gasteiger partial charge in [-0.1, -0.05) is 72.3 Å². The minimum Gasteiger partial charge on any atom is -0.496 e. The fourth-order valence-electron chi connectivity index (χ4n) is 6.62. The van der Waals surface area contributed by atoms with E-state index in [2.05, 4.69) is 41.4 Å². The Bertz CT molecular complexity index is 1920. The molecule has 7 rings (SSSR count). The molecule has 1 atom stereocenters. The molecule has 230 valence electrons. The van der Waals surface area contributed by atoms with E-state index in [1.807, 2.05) is 42.7 Å². The van der Waals surface area contributed by atoms with Gasteiger partial charge in [0.25, 0.3) is 0 Å². The lowest BCUT2D eigenvalue weighted by Gasteiger charge is -2.28. The molecule has 0 amide bonds. The molecular formula is C38H33ClF3NO2. The van der Waals surface area contributed by atoms with Crippen molar-refractivity contribution in [3.63, 3.8) is 0 Å². The van der Waals surface area contributed by atoms with Gasteiger partial charge < -0.3 is 9.47 Å². The third kappa shape index (κ3) is 6.16. The largest absolute Gasteiger partial charge is 0.496 e. The number of hydrogen-bond donors (Lipinski definition) is 0. The van der Waals surface area contributed by atoms with Crippen molar-refractivity contribution in [1.29, 1.82) is 0 Å². The number of fused-ring (bicyclic) bond motifs is 6. The molecule has 0 unspecified atom stereocenters. The van der Waals surface area contributed by atoms with Gasteiger partial charge in [0.15, 0.2) is 0 Å². The summed E-state index contributed by atoms with van der Waals surface area (Å²) in [6.45, 7) is 0. The van der Waals surface area contributed by atoms with Gasteiger partial charge >= 0.3 is 6.18 Å². The Morgan fingerprint density at radius 1 is 0.822 bits per heavy atom. The van der Waals surface area contributed by atoms with Crippen LogP contribution in [0, 0.1) is 0 Å². The van der Waals surface area contributed by atoms with E-state index in [9.17, 15) is 13.2 Å². The molecule has 5 aromatic carbocycles. The van der Waals surface area contributed by atoms with Crippen LogP contribution >= 0.6 is 11.6 Å². The van der Waals surface area contributed by atoms with Gasteiger partial charge in [0.2, 0.25) is 0 Å². The average molecular weight is 628 g/mol. The standard InChI is InChI=1S/C29H26ClF3O2.C9H7N/c1-34-25-11-5-9-22-21-15-14-19-17(6-3-8-20(19)23(21)16-26(35-2)27(22)25)12-13-18-7-4-10-24(28(18)30)29(31,32)33;1-2-4-9-7-10-6-5-8(9)3-1/h4-5,7,9-11,14-17H,3,6,8,12-13H2,1-2H3;1-7H/t17-;/m0./s1.